The van der Waals surface area contributed by atoms with Gasteiger partial charge in [0.1, 0.15) is 5.82 Å². The molecule has 0 unspecified atom stereocenters. The van der Waals surface area contributed by atoms with Crippen molar-refractivity contribution >= 4 is 15.9 Å². The summed E-state index contributed by atoms with van der Waals surface area (Å²) in [5.74, 6) is -1.27. The minimum absolute atomic E-state index is 0.0787. The fourth-order valence-corrected chi connectivity index (χ4v) is 3.01. The minimum atomic E-state index is -3.98. The van der Waals surface area contributed by atoms with E-state index >= 15 is 0 Å². The zero-order chi connectivity index (χ0) is 16.3. The molecule has 120 valence electrons. The van der Waals surface area contributed by atoms with E-state index in [-0.39, 0.29) is 16.5 Å². The van der Waals surface area contributed by atoms with Crippen LogP contribution in [0.15, 0.2) is 35.2 Å². The van der Waals surface area contributed by atoms with Crippen LogP contribution in [0, 0.1) is 5.82 Å². The molecular formula is C15H19FN2O3S. The van der Waals surface area contributed by atoms with E-state index in [1.807, 2.05) is 12.2 Å². The number of sulfonamides is 1. The van der Waals surface area contributed by atoms with Crippen LogP contribution in [0.4, 0.5) is 4.39 Å². The second-order valence-electron chi connectivity index (χ2n) is 5.28. The Balaban J connectivity index is 2.29. The van der Waals surface area contributed by atoms with Crippen molar-refractivity contribution in [1.29, 1.82) is 0 Å². The maximum Gasteiger partial charge on any atom is 0.257 e. The number of hydrogen-bond donors (Lipinski definition) is 1. The third-order valence-electron chi connectivity index (χ3n) is 3.67. The molecule has 2 rings (SSSR count). The molecule has 0 fully saturated rings. The van der Waals surface area contributed by atoms with Crippen LogP contribution in [0.2, 0.25) is 0 Å². The van der Waals surface area contributed by atoms with Crippen molar-refractivity contribution in [3.63, 3.8) is 0 Å². The maximum atomic E-state index is 13.9. The average molecular weight is 326 g/mol. The summed E-state index contributed by atoms with van der Waals surface area (Å²) in [6.07, 6.45) is 6.55. The van der Waals surface area contributed by atoms with Crippen LogP contribution in [0.3, 0.4) is 0 Å². The molecular weight excluding hydrogens is 307 g/mol. The molecule has 1 aliphatic rings. The number of nitrogens with two attached hydrogens (primary N) is 1. The van der Waals surface area contributed by atoms with Crippen LogP contribution in [0.25, 0.3) is 0 Å². The molecule has 1 atom stereocenters. The first-order chi connectivity index (χ1) is 10.3. The fourth-order valence-electron chi connectivity index (χ4n) is 2.47. The van der Waals surface area contributed by atoms with Gasteiger partial charge >= 0.3 is 0 Å². The summed E-state index contributed by atoms with van der Waals surface area (Å²) in [7, 11) is -3.98. The second kappa shape index (κ2) is 6.58. The predicted molar refractivity (Wildman–Crippen MR) is 81.3 cm³/mol. The smallest absolute Gasteiger partial charge is 0.257 e. The van der Waals surface area contributed by atoms with E-state index in [0.29, 0.717) is 6.54 Å². The molecule has 22 heavy (non-hydrogen) atoms. The third-order valence-corrected chi connectivity index (χ3v) is 4.58. The van der Waals surface area contributed by atoms with E-state index in [4.69, 9.17) is 5.14 Å². The van der Waals surface area contributed by atoms with E-state index < -0.39 is 21.7 Å². The van der Waals surface area contributed by atoms with Crippen LogP contribution in [0.1, 0.15) is 36.5 Å². The van der Waals surface area contributed by atoms with Crippen molar-refractivity contribution in [3.05, 3.63) is 41.7 Å². The van der Waals surface area contributed by atoms with E-state index in [1.165, 1.54) is 0 Å². The van der Waals surface area contributed by atoms with Gasteiger partial charge in [-0.05, 0) is 24.6 Å². The highest BCUT2D eigenvalue weighted by atomic mass is 32.2. The summed E-state index contributed by atoms with van der Waals surface area (Å²) < 4.78 is 36.7. The minimum Gasteiger partial charge on any atom is -0.328 e. The first-order valence-corrected chi connectivity index (χ1v) is 8.69. The quantitative estimate of drug-likeness (QED) is 0.841. The Hall–Kier alpha value is -1.73. The van der Waals surface area contributed by atoms with Crippen molar-refractivity contribution < 1.29 is 17.6 Å². The summed E-state index contributed by atoms with van der Waals surface area (Å²) in [5, 5.41) is 5.03. The van der Waals surface area contributed by atoms with Gasteiger partial charge in [-0.1, -0.05) is 31.9 Å². The monoisotopic (exact) mass is 326 g/mol. The van der Waals surface area contributed by atoms with Crippen molar-refractivity contribution in [2.75, 3.05) is 6.54 Å². The zero-order valence-corrected chi connectivity index (χ0v) is 13.1. The summed E-state index contributed by atoms with van der Waals surface area (Å²) in [6, 6.07) is 2.93. The van der Waals surface area contributed by atoms with Crippen molar-refractivity contribution in [2.24, 2.45) is 5.14 Å². The Kier molecular flexibility index (Phi) is 4.97. The number of primary sulfonamides is 1. The van der Waals surface area contributed by atoms with Crippen LogP contribution in [-0.2, 0) is 10.0 Å². The normalized spacial score (nSPS) is 18.0. The van der Waals surface area contributed by atoms with Gasteiger partial charge in [0.15, 0.2) is 0 Å². The summed E-state index contributed by atoms with van der Waals surface area (Å²) in [5.41, 5.74) is -0.267. The SMILES string of the molecule is CCCC[C@@H]1C=CCN1C(=O)c1cc(S(N)(=O)=O)ccc1F. The standard InChI is InChI=1S/C15H19FN2O3S/c1-2-3-5-11-6-4-9-18(11)15(19)13-10-12(22(17,20)21)7-8-14(13)16/h4,6-8,10-11H,2-3,5,9H2,1H3,(H2,17,20,21)/t11-/m1/s1. The van der Waals surface area contributed by atoms with Crippen LogP contribution < -0.4 is 5.14 Å². The second-order valence-corrected chi connectivity index (χ2v) is 6.84. The van der Waals surface area contributed by atoms with Gasteiger partial charge in [0.05, 0.1) is 16.5 Å². The molecule has 0 bridgehead atoms. The Morgan fingerprint density at radius 2 is 2.18 bits per heavy atom. The molecule has 1 aliphatic heterocycles. The molecule has 1 amide bonds. The summed E-state index contributed by atoms with van der Waals surface area (Å²) in [4.78, 5) is 13.8. The summed E-state index contributed by atoms with van der Waals surface area (Å²) in [6.45, 7) is 2.45. The largest absolute Gasteiger partial charge is 0.328 e. The first-order valence-electron chi connectivity index (χ1n) is 7.14. The predicted octanol–water partition coefficient (Wildman–Crippen LogP) is 2.04. The fraction of sp³-hybridized carbons (Fsp3) is 0.400. The highest BCUT2D eigenvalue weighted by Gasteiger charge is 2.27. The van der Waals surface area contributed by atoms with Crippen LogP contribution >= 0.6 is 0 Å². The summed E-state index contributed by atoms with van der Waals surface area (Å²) >= 11 is 0. The lowest BCUT2D eigenvalue weighted by Gasteiger charge is -2.25. The molecule has 0 saturated heterocycles. The van der Waals surface area contributed by atoms with Gasteiger partial charge in [0.2, 0.25) is 10.0 Å². The van der Waals surface area contributed by atoms with Gasteiger partial charge < -0.3 is 4.90 Å². The lowest BCUT2D eigenvalue weighted by atomic mass is 10.1. The Morgan fingerprint density at radius 3 is 2.82 bits per heavy atom. The molecule has 0 aliphatic carbocycles. The number of halogens is 1. The van der Waals surface area contributed by atoms with E-state index in [9.17, 15) is 17.6 Å². The number of unbranched alkanes of at least 4 members (excludes halogenated alkanes) is 1. The molecule has 0 saturated carbocycles. The first kappa shape index (κ1) is 16.6. The molecule has 2 N–H and O–H groups in total. The molecule has 7 heteroatoms. The van der Waals surface area contributed by atoms with E-state index in [2.05, 4.69) is 6.92 Å². The number of nitrogens with zero attached hydrogens (tertiary/aromatic N) is 1. The Morgan fingerprint density at radius 1 is 1.45 bits per heavy atom. The highest BCUT2D eigenvalue weighted by molar-refractivity contribution is 7.89. The van der Waals surface area contributed by atoms with Crippen LogP contribution in [-0.4, -0.2) is 31.8 Å². The van der Waals surface area contributed by atoms with E-state index in [0.717, 1.165) is 37.5 Å². The molecule has 0 aromatic heterocycles. The lowest BCUT2D eigenvalue weighted by Crippen LogP contribution is -2.36. The number of amides is 1. The van der Waals surface area contributed by atoms with Gasteiger partial charge in [0.25, 0.3) is 5.91 Å². The number of benzene rings is 1. The van der Waals surface area contributed by atoms with Gasteiger partial charge in [-0.15, -0.1) is 0 Å². The van der Waals surface area contributed by atoms with Crippen molar-refractivity contribution in [3.8, 4) is 0 Å². The molecule has 1 aromatic rings. The van der Waals surface area contributed by atoms with E-state index in [1.54, 1.807) is 4.90 Å². The number of hydrogen-bond acceptors (Lipinski definition) is 3. The average Bonchev–Trinajstić information content (AvgIpc) is 2.92. The number of rotatable bonds is 5. The Bertz CT molecular complexity index is 701. The van der Waals surface area contributed by atoms with Crippen molar-refractivity contribution in [1.82, 2.24) is 4.90 Å². The molecule has 1 aromatic carbocycles. The van der Waals surface area contributed by atoms with Gasteiger partial charge in [0, 0.05) is 6.54 Å². The number of carbonyl (C=O) groups is 1. The molecule has 5 nitrogen and oxygen atoms in total. The van der Waals surface area contributed by atoms with Gasteiger partial charge in [-0.2, -0.15) is 0 Å². The molecule has 1 heterocycles. The zero-order valence-electron chi connectivity index (χ0n) is 12.3. The highest BCUT2D eigenvalue weighted by Crippen LogP contribution is 2.22. The number of carbonyl (C=O) groups excluding carboxylic acids is 1. The van der Waals surface area contributed by atoms with Gasteiger partial charge in [-0.25, -0.2) is 17.9 Å². The molecule has 0 spiro atoms. The van der Waals surface area contributed by atoms with Crippen LogP contribution in [0.5, 0.6) is 0 Å². The topological polar surface area (TPSA) is 80.5 Å². The third kappa shape index (κ3) is 3.53. The molecule has 0 radical (unpaired) electrons. The van der Waals surface area contributed by atoms with Crippen molar-refractivity contribution in [2.45, 2.75) is 37.1 Å². The van der Waals surface area contributed by atoms with Gasteiger partial charge in [-0.3, -0.25) is 4.79 Å². The Labute approximate surface area is 129 Å². The lowest BCUT2D eigenvalue weighted by molar-refractivity contribution is 0.0738. The maximum absolute atomic E-state index is 13.9.